The third-order valence-corrected chi connectivity index (χ3v) is 5.01. The monoisotopic (exact) mass is 285 g/mol. The van der Waals surface area contributed by atoms with Crippen molar-refractivity contribution in [3.63, 3.8) is 0 Å². The van der Waals surface area contributed by atoms with Gasteiger partial charge in [-0.25, -0.2) is 9.97 Å². The molecule has 2 saturated heterocycles. The maximum atomic E-state index is 4.78. The number of aromatic amines is 1. The molecule has 2 aliphatic rings. The molecule has 2 fully saturated rings. The summed E-state index contributed by atoms with van der Waals surface area (Å²) in [5.41, 5.74) is 3.19. The number of piperidine rings is 1. The van der Waals surface area contributed by atoms with E-state index in [1.165, 1.54) is 37.8 Å². The maximum Gasteiger partial charge on any atom is 0.178 e. The molecule has 0 amide bonds. The first kappa shape index (κ1) is 13.2. The second-order valence-electron chi connectivity index (χ2n) is 6.33. The Morgan fingerprint density at radius 3 is 2.90 bits per heavy atom. The van der Waals surface area contributed by atoms with Crippen LogP contribution in [0.2, 0.25) is 0 Å². The summed E-state index contributed by atoms with van der Waals surface area (Å²) < 4.78 is 0. The van der Waals surface area contributed by atoms with Crippen molar-refractivity contribution >= 4 is 11.2 Å². The number of nitrogens with one attached hydrogen (secondary N) is 2. The summed E-state index contributed by atoms with van der Waals surface area (Å²) in [5.74, 6) is 1.11. The number of fused-ring (bicyclic) bond motifs is 1. The Labute approximate surface area is 125 Å². The van der Waals surface area contributed by atoms with Crippen LogP contribution in [0.1, 0.15) is 43.1 Å². The van der Waals surface area contributed by atoms with E-state index >= 15 is 0 Å². The third-order valence-electron chi connectivity index (χ3n) is 5.01. The smallest absolute Gasteiger partial charge is 0.178 e. The lowest BCUT2D eigenvalue weighted by Gasteiger charge is -2.35. The Morgan fingerprint density at radius 2 is 2.10 bits per heavy atom. The molecule has 5 nitrogen and oxygen atoms in total. The van der Waals surface area contributed by atoms with Crippen LogP contribution in [0.15, 0.2) is 12.3 Å². The van der Waals surface area contributed by atoms with Crippen molar-refractivity contribution in [1.29, 1.82) is 0 Å². The number of hydrogen-bond donors (Lipinski definition) is 2. The predicted octanol–water partition coefficient (Wildman–Crippen LogP) is 2.16. The van der Waals surface area contributed by atoms with Gasteiger partial charge >= 0.3 is 0 Å². The van der Waals surface area contributed by atoms with Crippen LogP contribution in [-0.4, -0.2) is 45.5 Å². The number of H-pyrrole nitrogens is 1. The fraction of sp³-hybridized carbons (Fsp3) is 0.625. The van der Waals surface area contributed by atoms with Gasteiger partial charge in [0.05, 0.1) is 11.6 Å². The molecule has 0 radical (unpaired) electrons. The zero-order valence-corrected chi connectivity index (χ0v) is 12.6. The lowest BCUT2D eigenvalue weighted by molar-refractivity contribution is 0.144. The Morgan fingerprint density at radius 1 is 1.24 bits per heavy atom. The van der Waals surface area contributed by atoms with Gasteiger partial charge in [-0.3, -0.25) is 4.90 Å². The van der Waals surface area contributed by atoms with E-state index in [0.29, 0.717) is 12.1 Å². The van der Waals surface area contributed by atoms with Gasteiger partial charge in [0.15, 0.2) is 5.65 Å². The molecule has 0 saturated carbocycles. The standard InChI is InChI=1S/C16H23N5/c1-11-4-9-18-16-14(11)19-15(20-16)13-3-2-10-21(13)12-5-7-17-8-6-12/h4,9,12-13,17H,2-3,5-8,10H2,1H3,(H,18,19,20). The van der Waals surface area contributed by atoms with Gasteiger partial charge in [-0.05, 0) is 63.9 Å². The van der Waals surface area contributed by atoms with Gasteiger partial charge in [-0.15, -0.1) is 0 Å². The topological polar surface area (TPSA) is 56.8 Å². The number of aryl methyl sites for hydroxylation is 1. The minimum atomic E-state index is 0.446. The SMILES string of the molecule is Cc1ccnc2nc(C3CCCN3C3CCNCC3)[nH]c12. The minimum absolute atomic E-state index is 0.446. The normalized spacial score (nSPS) is 24.9. The summed E-state index contributed by atoms with van der Waals surface area (Å²) in [6.45, 7) is 5.62. The summed E-state index contributed by atoms with van der Waals surface area (Å²) in [6.07, 6.45) is 6.85. The van der Waals surface area contributed by atoms with Gasteiger partial charge in [-0.2, -0.15) is 0 Å². The van der Waals surface area contributed by atoms with Gasteiger partial charge in [0.25, 0.3) is 0 Å². The third kappa shape index (κ3) is 2.34. The molecular weight excluding hydrogens is 262 g/mol. The summed E-state index contributed by atoms with van der Waals surface area (Å²) in [6, 6.07) is 3.20. The van der Waals surface area contributed by atoms with Crippen molar-refractivity contribution in [3.8, 4) is 0 Å². The molecule has 0 bridgehead atoms. The number of nitrogens with zero attached hydrogens (tertiary/aromatic N) is 3. The van der Waals surface area contributed by atoms with Crippen LogP contribution in [0, 0.1) is 6.92 Å². The first-order valence-electron chi connectivity index (χ1n) is 8.10. The van der Waals surface area contributed by atoms with Crippen LogP contribution in [-0.2, 0) is 0 Å². The largest absolute Gasteiger partial charge is 0.339 e. The lowest BCUT2D eigenvalue weighted by atomic mass is 10.0. The first-order valence-corrected chi connectivity index (χ1v) is 8.10. The molecule has 21 heavy (non-hydrogen) atoms. The lowest BCUT2D eigenvalue weighted by Crippen LogP contribution is -2.42. The van der Waals surface area contributed by atoms with Gasteiger partial charge < -0.3 is 10.3 Å². The van der Waals surface area contributed by atoms with Gasteiger partial charge in [0, 0.05) is 12.2 Å². The molecule has 4 rings (SSSR count). The van der Waals surface area contributed by atoms with Crippen molar-refractivity contribution in [2.75, 3.05) is 19.6 Å². The van der Waals surface area contributed by atoms with E-state index < -0.39 is 0 Å². The van der Waals surface area contributed by atoms with Crippen molar-refractivity contribution < 1.29 is 0 Å². The van der Waals surface area contributed by atoms with Crippen LogP contribution < -0.4 is 5.32 Å². The van der Waals surface area contributed by atoms with Crippen LogP contribution in [0.3, 0.4) is 0 Å². The fourth-order valence-corrected chi connectivity index (χ4v) is 3.87. The number of imidazole rings is 1. The number of rotatable bonds is 2. The number of hydrogen-bond acceptors (Lipinski definition) is 4. The number of pyridine rings is 1. The highest BCUT2D eigenvalue weighted by atomic mass is 15.2. The van der Waals surface area contributed by atoms with E-state index in [2.05, 4.69) is 27.1 Å². The van der Waals surface area contributed by atoms with E-state index in [1.54, 1.807) is 0 Å². The van der Waals surface area contributed by atoms with Crippen molar-refractivity contribution in [2.24, 2.45) is 0 Å². The molecule has 1 unspecified atom stereocenters. The fourth-order valence-electron chi connectivity index (χ4n) is 3.87. The zero-order chi connectivity index (χ0) is 14.2. The van der Waals surface area contributed by atoms with E-state index in [9.17, 15) is 0 Å². The average molecular weight is 285 g/mol. The van der Waals surface area contributed by atoms with Crippen molar-refractivity contribution in [1.82, 2.24) is 25.2 Å². The van der Waals surface area contributed by atoms with E-state index in [-0.39, 0.29) is 0 Å². The van der Waals surface area contributed by atoms with E-state index in [0.717, 1.165) is 30.1 Å². The highest BCUT2D eigenvalue weighted by Crippen LogP contribution is 2.35. The van der Waals surface area contributed by atoms with E-state index in [1.807, 2.05) is 12.3 Å². The molecule has 0 spiro atoms. The molecule has 4 heterocycles. The predicted molar refractivity (Wildman–Crippen MR) is 83.2 cm³/mol. The van der Waals surface area contributed by atoms with Crippen LogP contribution >= 0.6 is 0 Å². The van der Waals surface area contributed by atoms with Gasteiger partial charge in [-0.1, -0.05) is 0 Å². The second-order valence-corrected chi connectivity index (χ2v) is 6.33. The molecular formula is C16H23N5. The molecule has 2 N–H and O–H groups in total. The van der Waals surface area contributed by atoms with Gasteiger partial charge in [0.1, 0.15) is 5.82 Å². The second kappa shape index (κ2) is 5.39. The molecule has 2 aromatic heterocycles. The molecule has 112 valence electrons. The molecule has 2 aliphatic heterocycles. The highest BCUT2D eigenvalue weighted by molar-refractivity contribution is 5.74. The highest BCUT2D eigenvalue weighted by Gasteiger charge is 2.34. The van der Waals surface area contributed by atoms with Crippen molar-refractivity contribution in [3.05, 3.63) is 23.7 Å². The molecule has 0 aliphatic carbocycles. The number of aromatic nitrogens is 3. The molecule has 1 atom stereocenters. The summed E-state index contributed by atoms with van der Waals surface area (Å²) in [4.78, 5) is 15.4. The molecule has 2 aromatic rings. The number of likely N-dealkylation sites (tertiary alicyclic amines) is 1. The average Bonchev–Trinajstić information content (AvgIpc) is 3.15. The van der Waals surface area contributed by atoms with Gasteiger partial charge in [0.2, 0.25) is 0 Å². The minimum Gasteiger partial charge on any atom is -0.339 e. The Kier molecular flexibility index (Phi) is 3.39. The summed E-state index contributed by atoms with van der Waals surface area (Å²) in [5, 5.41) is 3.46. The Bertz CT molecular complexity index is 629. The molecule has 5 heteroatoms. The Hall–Kier alpha value is -1.46. The molecule has 0 aromatic carbocycles. The summed E-state index contributed by atoms with van der Waals surface area (Å²) in [7, 11) is 0. The Balaban J connectivity index is 1.64. The maximum absolute atomic E-state index is 4.78. The van der Waals surface area contributed by atoms with Crippen LogP contribution in [0.5, 0.6) is 0 Å². The quantitative estimate of drug-likeness (QED) is 0.888. The van der Waals surface area contributed by atoms with Crippen molar-refractivity contribution in [2.45, 2.75) is 44.7 Å². The van der Waals surface area contributed by atoms with E-state index in [4.69, 9.17) is 4.98 Å². The zero-order valence-electron chi connectivity index (χ0n) is 12.6. The van der Waals surface area contributed by atoms with Crippen LogP contribution in [0.4, 0.5) is 0 Å². The first-order chi connectivity index (χ1) is 10.3. The van der Waals surface area contributed by atoms with Crippen LogP contribution in [0.25, 0.3) is 11.2 Å². The summed E-state index contributed by atoms with van der Waals surface area (Å²) >= 11 is 0.